The Morgan fingerprint density at radius 3 is 2.21 bits per heavy atom. The molecule has 0 spiro atoms. The molecule has 0 amide bonds. The van der Waals surface area contributed by atoms with Gasteiger partial charge in [0, 0.05) is 0 Å². The Labute approximate surface area is 99.3 Å². The van der Waals surface area contributed by atoms with Crippen molar-refractivity contribution in [2.24, 2.45) is 0 Å². The molecule has 1 nitrogen and oxygen atoms in total. The van der Waals surface area contributed by atoms with Gasteiger partial charge in [-0.1, -0.05) is 0 Å². The van der Waals surface area contributed by atoms with E-state index in [0.717, 1.165) is 5.56 Å². The van der Waals surface area contributed by atoms with Gasteiger partial charge in [-0.15, -0.1) is 0 Å². The fourth-order valence-electron chi connectivity index (χ4n) is 1.14. The van der Waals surface area contributed by atoms with Crippen LogP contribution in [0.5, 0.6) is 0 Å². The fourth-order valence-corrected chi connectivity index (χ4v) is 5.36. The molecule has 0 saturated carbocycles. The van der Waals surface area contributed by atoms with Crippen LogP contribution in [0.2, 0.25) is 4.47 Å². The first-order valence-electron chi connectivity index (χ1n) is 4.00. The summed E-state index contributed by atoms with van der Waals surface area (Å²) in [7, 11) is 19.3. The first-order valence-corrected chi connectivity index (χ1v) is 14.5. The van der Waals surface area contributed by atoms with Crippen LogP contribution >= 0.6 is 26.9 Å². The van der Waals surface area contributed by atoms with Crippen molar-refractivity contribution in [1.29, 1.82) is 0 Å². The molecule has 1 atom stereocenters. The SMILES string of the molecule is COC(C[Te](Cl)(Cl)Cl)c1ccccc1. The summed E-state index contributed by atoms with van der Waals surface area (Å²) in [5.74, 6) is 0. The number of benzene rings is 1. The average molecular weight is 369 g/mol. The molecule has 80 valence electrons. The number of hydrogen-bond donors (Lipinski definition) is 0. The Balaban J connectivity index is 2.73. The van der Waals surface area contributed by atoms with Crippen LogP contribution in [0.25, 0.3) is 0 Å². The topological polar surface area (TPSA) is 9.23 Å². The molecule has 0 aliphatic rings. The van der Waals surface area contributed by atoms with E-state index >= 15 is 0 Å². The van der Waals surface area contributed by atoms with Crippen LogP contribution in [0.1, 0.15) is 11.7 Å². The molecular weight excluding hydrogens is 358 g/mol. The minimum absolute atomic E-state index is 0.0927. The first kappa shape index (κ1) is 12.9. The van der Waals surface area contributed by atoms with Crippen molar-refractivity contribution in [2.45, 2.75) is 10.6 Å². The summed E-state index contributed by atoms with van der Waals surface area (Å²) in [5.41, 5.74) is 1.06. The molecule has 0 radical (unpaired) electrons. The van der Waals surface area contributed by atoms with E-state index in [1.165, 1.54) is 0 Å². The van der Waals surface area contributed by atoms with Crippen LogP contribution in [0.4, 0.5) is 0 Å². The van der Waals surface area contributed by atoms with Crippen molar-refractivity contribution in [2.75, 3.05) is 7.11 Å². The zero-order chi connectivity index (χ0) is 10.6. The molecule has 1 aromatic rings. The predicted octanol–water partition coefficient (Wildman–Crippen LogP) is 4.03. The average Bonchev–Trinajstić information content (AvgIpc) is 2.14. The molecule has 1 unspecified atom stereocenters. The molecule has 5 heteroatoms. The third-order valence-corrected chi connectivity index (χ3v) is 6.27. The van der Waals surface area contributed by atoms with Crippen LogP contribution in [-0.2, 0) is 4.74 Å². The Morgan fingerprint density at radius 2 is 1.79 bits per heavy atom. The normalized spacial score (nSPS) is 15.1. The zero-order valence-corrected chi connectivity index (χ0v) is 12.2. The first-order chi connectivity index (χ1) is 6.53. The van der Waals surface area contributed by atoms with Gasteiger partial charge in [-0.05, 0) is 0 Å². The second-order valence-corrected chi connectivity index (χ2v) is 20.4. The second kappa shape index (κ2) is 5.80. The Hall–Kier alpha value is 0.840. The van der Waals surface area contributed by atoms with Gasteiger partial charge in [0.1, 0.15) is 0 Å². The number of halogens is 3. The van der Waals surface area contributed by atoms with Gasteiger partial charge < -0.3 is 0 Å². The predicted molar refractivity (Wildman–Crippen MR) is 64.3 cm³/mol. The maximum atomic E-state index is 5.90. The Bertz CT molecular complexity index is 273. The van der Waals surface area contributed by atoms with Gasteiger partial charge >= 0.3 is 100 Å². The van der Waals surface area contributed by atoms with Gasteiger partial charge in [-0.3, -0.25) is 0 Å². The number of ether oxygens (including phenoxy) is 1. The van der Waals surface area contributed by atoms with Crippen LogP contribution in [0.15, 0.2) is 30.3 Å². The number of rotatable bonds is 4. The number of hydrogen-bond acceptors (Lipinski definition) is 1. The van der Waals surface area contributed by atoms with Gasteiger partial charge in [0.15, 0.2) is 0 Å². The van der Waals surface area contributed by atoms with Crippen molar-refractivity contribution in [3.63, 3.8) is 0 Å². The van der Waals surface area contributed by atoms with E-state index < -0.39 is 14.8 Å². The van der Waals surface area contributed by atoms with Crippen molar-refractivity contribution < 1.29 is 4.74 Å². The summed E-state index contributed by atoms with van der Waals surface area (Å²) in [5, 5.41) is 0. The van der Waals surface area contributed by atoms with Crippen molar-refractivity contribution in [1.82, 2.24) is 0 Å². The summed E-state index contributed by atoms with van der Waals surface area (Å²) in [6.07, 6.45) is -0.0927. The van der Waals surface area contributed by atoms with Crippen LogP contribution in [0.3, 0.4) is 0 Å². The van der Waals surface area contributed by atoms with E-state index in [0.29, 0.717) is 4.47 Å². The van der Waals surface area contributed by atoms with Gasteiger partial charge in [0.05, 0.1) is 0 Å². The molecule has 0 aliphatic heterocycles. The second-order valence-electron chi connectivity index (χ2n) is 2.80. The van der Waals surface area contributed by atoms with E-state index in [9.17, 15) is 0 Å². The third-order valence-electron chi connectivity index (χ3n) is 1.80. The molecule has 0 fully saturated rings. The summed E-state index contributed by atoms with van der Waals surface area (Å²) in [6, 6.07) is 9.81. The van der Waals surface area contributed by atoms with Crippen molar-refractivity contribution in [3.05, 3.63) is 35.9 Å². The van der Waals surface area contributed by atoms with E-state index in [1.807, 2.05) is 30.3 Å². The monoisotopic (exact) mass is 370 g/mol. The minimum atomic E-state index is -3.13. The van der Waals surface area contributed by atoms with Crippen molar-refractivity contribution >= 4 is 41.7 Å². The van der Waals surface area contributed by atoms with Crippen LogP contribution in [-0.4, -0.2) is 21.9 Å². The molecule has 0 bridgehead atoms. The fraction of sp³-hybridized carbons (Fsp3) is 0.333. The maximum absolute atomic E-state index is 5.90. The van der Waals surface area contributed by atoms with Gasteiger partial charge in [0.25, 0.3) is 0 Å². The standard InChI is InChI=1S/C9H11Cl3OTe/c1-13-9(7-14(10,11)12)8-5-3-2-4-6-8/h2-6,9H,7H2,1H3. The zero-order valence-electron chi connectivity index (χ0n) is 7.62. The van der Waals surface area contributed by atoms with Crippen LogP contribution in [0, 0.1) is 0 Å². The molecule has 0 saturated heterocycles. The number of methoxy groups -OCH3 is 1. The van der Waals surface area contributed by atoms with E-state index in [4.69, 9.17) is 31.6 Å². The summed E-state index contributed by atoms with van der Waals surface area (Å²) < 4.78 is 5.84. The van der Waals surface area contributed by atoms with E-state index in [1.54, 1.807) is 7.11 Å². The van der Waals surface area contributed by atoms with Gasteiger partial charge in [-0.25, -0.2) is 0 Å². The molecular formula is C9H11Cl3OTe. The Morgan fingerprint density at radius 1 is 1.21 bits per heavy atom. The third kappa shape index (κ3) is 4.57. The van der Waals surface area contributed by atoms with Crippen molar-refractivity contribution in [3.8, 4) is 0 Å². The summed E-state index contributed by atoms with van der Waals surface area (Å²) in [6.45, 7) is 0. The summed E-state index contributed by atoms with van der Waals surface area (Å²) in [4.78, 5) is 0. The molecule has 0 aliphatic carbocycles. The molecule has 0 heterocycles. The quantitative estimate of drug-likeness (QED) is 0.729. The van der Waals surface area contributed by atoms with Crippen LogP contribution < -0.4 is 0 Å². The molecule has 0 N–H and O–H groups in total. The molecule has 1 rings (SSSR count). The van der Waals surface area contributed by atoms with Gasteiger partial charge in [0.2, 0.25) is 0 Å². The van der Waals surface area contributed by atoms with E-state index in [2.05, 4.69) is 0 Å². The Kier molecular flexibility index (Phi) is 5.34. The summed E-state index contributed by atoms with van der Waals surface area (Å²) >= 11 is -3.13. The molecule has 0 aromatic heterocycles. The van der Waals surface area contributed by atoms with E-state index in [-0.39, 0.29) is 6.10 Å². The van der Waals surface area contributed by atoms with Gasteiger partial charge in [-0.2, -0.15) is 0 Å². The molecule has 1 aromatic carbocycles. The molecule has 14 heavy (non-hydrogen) atoms.